The lowest BCUT2D eigenvalue weighted by Crippen LogP contribution is -2.17. The Morgan fingerprint density at radius 1 is 1.27 bits per heavy atom. The third-order valence-electron chi connectivity index (χ3n) is 1.43. The van der Waals surface area contributed by atoms with E-state index in [2.05, 4.69) is 5.92 Å². The zero-order chi connectivity index (χ0) is 8.85. The van der Waals surface area contributed by atoms with Crippen molar-refractivity contribution < 1.29 is 10.2 Å². The van der Waals surface area contributed by atoms with E-state index in [4.69, 9.17) is 11.5 Å². The van der Waals surface area contributed by atoms with Gasteiger partial charge in [-0.1, -0.05) is 19.8 Å². The molecule has 2 atom stereocenters. The topological polar surface area (TPSA) is 40.5 Å². The molecule has 0 rings (SSSR count). The minimum Gasteiger partial charge on any atom is -0.393 e. The summed E-state index contributed by atoms with van der Waals surface area (Å²) in [6.07, 6.45) is 4.65. The molecular weight excluding hydrogens is 140 g/mol. The van der Waals surface area contributed by atoms with Crippen molar-refractivity contribution >= 4 is 0 Å². The van der Waals surface area contributed by atoms with E-state index in [9.17, 15) is 5.11 Å². The molecule has 0 unspecified atom stereocenters. The zero-order valence-corrected chi connectivity index (χ0v) is 7.12. The van der Waals surface area contributed by atoms with Crippen LogP contribution in [0.4, 0.5) is 0 Å². The van der Waals surface area contributed by atoms with E-state index in [0.717, 1.165) is 0 Å². The lowest BCUT2D eigenvalue weighted by molar-refractivity contribution is 0.0921. The van der Waals surface area contributed by atoms with Gasteiger partial charge in [-0.2, -0.15) is 0 Å². The largest absolute Gasteiger partial charge is 0.393 e. The van der Waals surface area contributed by atoms with Gasteiger partial charge in [0.05, 0.1) is 6.10 Å². The number of hydrogen-bond donors (Lipinski definition) is 2. The minimum atomic E-state index is -0.802. The Morgan fingerprint density at radius 3 is 2.18 bits per heavy atom. The summed E-state index contributed by atoms with van der Waals surface area (Å²) in [7, 11) is 0. The van der Waals surface area contributed by atoms with E-state index in [1.807, 2.05) is 13.8 Å². The first-order valence-corrected chi connectivity index (χ1v) is 3.88. The lowest BCUT2D eigenvalue weighted by Gasteiger charge is -2.13. The molecule has 0 spiro atoms. The summed E-state index contributed by atoms with van der Waals surface area (Å²) in [4.78, 5) is 0. The molecule has 2 N–H and O–H groups in total. The molecule has 2 heteroatoms. The molecule has 0 aliphatic carbocycles. The molecule has 0 heterocycles. The number of aliphatic hydroxyl groups is 2. The highest BCUT2D eigenvalue weighted by Crippen LogP contribution is 2.08. The van der Waals surface area contributed by atoms with Gasteiger partial charge in [0.1, 0.15) is 6.10 Å². The SMILES string of the molecule is C#C[C@@H](O)C[C@H](O)CC(C)C. The molecular formula is C9H16O2. The fourth-order valence-electron chi connectivity index (χ4n) is 0.966. The Kier molecular flexibility index (Phi) is 4.93. The molecule has 2 nitrogen and oxygen atoms in total. The maximum Gasteiger partial charge on any atom is 0.116 e. The lowest BCUT2D eigenvalue weighted by atomic mass is 10.0. The van der Waals surface area contributed by atoms with Crippen LogP contribution in [0.5, 0.6) is 0 Å². The summed E-state index contributed by atoms with van der Waals surface area (Å²) in [5.74, 6) is 2.60. The summed E-state index contributed by atoms with van der Waals surface area (Å²) in [6.45, 7) is 4.04. The molecule has 0 aromatic carbocycles. The third kappa shape index (κ3) is 5.90. The van der Waals surface area contributed by atoms with Crippen LogP contribution in [0.1, 0.15) is 26.7 Å². The van der Waals surface area contributed by atoms with Crippen molar-refractivity contribution in [1.82, 2.24) is 0 Å². The molecule has 0 aliphatic heterocycles. The zero-order valence-electron chi connectivity index (χ0n) is 7.12. The molecule has 0 radical (unpaired) electrons. The van der Waals surface area contributed by atoms with Gasteiger partial charge in [-0.15, -0.1) is 6.42 Å². The molecule has 64 valence electrons. The first kappa shape index (κ1) is 10.5. The average Bonchev–Trinajstić information content (AvgIpc) is 1.85. The van der Waals surface area contributed by atoms with Crippen molar-refractivity contribution in [2.45, 2.75) is 38.9 Å². The van der Waals surface area contributed by atoms with E-state index in [1.54, 1.807) is 0 Å². The first-order chi connectivity index (χ1) is 5.06. The Bertz CT molecular complexity index is 135. The maximum absolute atomic E-state index is 9.27. The highest BCUT2D eigenvalue weighted by Gasteiger charge is 2.10. The van der Waals surface area contributed by atoms with Crippen LogP contribution in [-0.2, 0) is 0 Å². The quantitative estimate of drug-likeness (QED) is 0.590. The third-order valence-corrected chi connectivity index (χ3v) is 1.43. The van der Waals surface area contributed by atoms with Crippen molar-refractivity contribution in [3.8, 4) is 12.3 Å². The van der Waals surface area contributed by atoms with Gasteiger partial charge in [0, 0.05) is 6.42 Å². The molecule has 0 fully saturated rings. The predicted molar refractivity (Wildman–Crippen MR) is 44.9 cm³/mol. The molecule has 0 aromatic rings. The van der Waals surface area contributed by atoms with Crippen LogP contribution in [0.25, 0.3) is 0 Å². The fraction of sp³-hybridized carbons (Fsp3) is 0.778. The molecule has 0 aliphatic rings. The van der Waals surface area contributed by atoms with Crippen molar-refractivity contribution in [2.24, 2.45) is 5.92 Å². The maximum atomic E-state index is 9.27. The van der Waals surface area contributed by atoms with Gasteiger partial charge in [0.25, 0.3) is 0 Å². The highest BCUT2D eigenvalue weighted by atomic mass is 16.3. The van der Waals surface area contributed by atoms with Gasteiger partial charge >= 0.3 is 0 Å². The molecule has 0 bridgehead atoms. The Morgan fingerprint density at radius 2 is 1.82 bits per heavy atom. The van der Waals surface area contributed by atoms with E-state index in [-0.39, 0.29) is 6.42 Å². The van der Waals surface area contributed by atoms with Gasteiger partial charge in [0.15, 0.2) is 0 Å². The van der Waals surface area contributed by atoms with E-state index >= 15 is 0 Å². The Labute approximate surface area is 68.2 Å². The molecule has 0 amide bonds. The summed E-state index contributed by atoms with van der Waals surface area (Å²) >= 11 is 0. The monoisotopic (exact) mass is 156 g/mol. The van der Waals surface area contributed by atoms with Gasteiger partial charge in [-0.05, 0) is 12.3 Å². The number of rotatable bonds is 4. The molecule has 11 heavy (non-hydrogen) atoms. The average molecular weight is 156 g/mol. The van der Waals surface area contributed by atoms with Crippen molar-refractivity contribution in [3.63, 3.8) is 0 Å². The van der Waals surface area contributed by atoms with Crippen LogP contribution in [0.3, 0.4) is 0 Å². The first-order valence-electron chi connectivity index (χ1n) is 3.88. The van der Waals surface area contributed by atoms with Crippen LogP contribution in [0, 0.1) is 18.3 Å². The minimum absolute atomic E-state index is 0.286. The summed E-state index contributed by atoms with van der Waals surface area (Å²) < 4.78 is 0. The van der Waals surface area contributed by atoms with Gasteiger partial charge < -0.3 is 10.2 Å². The van der Waals surface area contributed by atoms with Gasteiger partial charge in [0.2, 0.25) is 0 Å². The highest BCUT2D eigenvalue weighted by molar-refractivity contribution is 4.94. The van der Waals surface area contributed by atoms with Crippen LogP contribution in [-0.4, -0.2) is 22.4 Å². The van der Waals surface area contributed by atoms with Crippen molar-refractivity contribution in [1.29, 1.82) is 0 Å². The summed E-state index contributed by atoms with van der Waals surface area (Å²) in [5.41, 5.74) is 0. The normalized spacial score (nSPS) is 16.0. The summed E-state index contributed by atoms with van der Waals surface area (Å²) in [5, 5.41) is 18.2. The van der Waals surface area contributed by atoms with E-state index < -0.39 is 12.2 Å². The number of aliphatic hydroxyl groups excluding tert-OH is 2. The van der Waals surface area contributed by atoms with Crippen molar-refractivity contribution in [2.75, 3.05) is 0 Å². The predicted octanol–water partition coefficient (Wildman–Crippen LogP) is 0.778. The molecule has 0 saturated carbocycles. The molecule has 0 aromatic heterocycles. The van der Waals surface area contributed by atoms with E-state index in [0.29, 0.717) is 12.3 Å². The standard InChI is InChI=1S/C9H16O2/c1-4-8(10)6-9(11)5-7(2)3/h1,7-11H,5-6H2,2-3H3/t8-,9-/m1/s1. The molecule has 0 saturated heterocycles. The van der Waals surface area contributed by atoms with Crippen LogP contribution < -0.4 is 0 Å². The van der Waals surface area contributed by atoms with Crippen LogP contribution >= 0.6 is 0 Å². The van der Waals surface area contributed by atoms with Crippen LogP contribution in [0.2, 0.25) is 0 Å². The van der Waals surface area contributed by atoms with Crippen molar-refractivity contribution in [3.05, 3.63) is 0 Å². The Balaban J connectivity index is 3.53. The number of hydrogen-bond acceptors (Lipinski definition) is 2. The van der Waals surface area contributed by atoms with Crippen LogP contribution in [0.15, 0.2) is 0 Å². The number of terminal acetylenes is 1. The summed E-state index contributed by atoms with van der Waals surface area (Å²) in [6, 6.07) is 0. The smallest absolute Gasteiger partial charge is 0.116 e. The second-order valence-electron chi connectivity index (χ2n) is 3.20. The fourth-order valence-corrected chi connectivity index (χ4v) is 0.966. The van der Waals surface area contributed by atoms with E-state index in [1.165, 1.54) is 0 Å². The van der Waals surface area contributed by atoms with Gasteiger partial charge in [-0.3, -0.25) is 0 Å². The second kappa shape index (κ2) is 5.17. The Hall–Kier alpha value is -0.520. The van der Waals surface area contributed by atoms with Gasteiger partial charge in [-0.25, -0.2) is 0 Å². The second-order valence-corrected chi connectivity index (χ2v) is 3.20.